The number of thiocarbonyl (C=S) groups is 1. The first kappa shape index (κ1) is 14.4. The second-order valence-electron chi connectivity index (χ2n) is 5.25. The van der Waals surface area contributed by atoms with E-state index >= 15 is 0 Å². The highest BCUT2D eigenvalue weighted by Crippen LogP contribution is 2.29. The van der Waals surface area contributed by atoms with Crippen molar-refractivity contribution in [2.24, 2.45) is 0 Å². The van der Waals surface area contributed by atoms with Gasteiger partial charge in [0.05, 0.1) is 6.04 Å². The molecule has 0 bridgehead atoms. The van der Waals surface area contributed by atoms with Crippen molar-refractivity contribution in [1.82, 2.24) is 5.32 Å². The Morgan fingerprint density at radius 2 is 2.00 bits per heavy atom. The molecule has 0 aromatic heterocycles. The van der Waals surface area contributed by atoms with E-state index in [1.807, 2.05) is 24.3 Å². The Kier molecular flexibility index (Phi) is 4.42. The first-order valence-corrected chi connectivity index (χ1v) is 7.92. The summed E-state index contributed by atoms with van der Waals surface area (Å²) in [5.41, 5.74) is 3.69. The number of rotatable bonds is 2. The van der Waals surface area contributed by atoms with Gasteiger partial charge in [-0.05, 0) is 60.8 Å². The van der Waals surface area contributed by atoms with Crippen LogP contribution in [0.15, 0.2) is 48.5 Å². The quantitative estimate of drug-likeness (QED) is 0.785. The first-order chi connectivity index (χ1) is 10.2. The number of nitrogens with one attached hydrogen (secondary N) is 2. The summed E-state index contributed by atoms with van der Waals surface area (Å²) in [5.74, 6) is 0. The van der Waals surface area contributed by atoms with Gasteiger partial charge in [0, 0.05) is 10.7 Å². The monoisotopic (exact) mass is 316 g/mol. The lowest BCUT2D eigenvalue weighted by Crippen LogP contribution is -2.34. The van der Waals surface area contributed by atoms with Crippen molar-refractivity contribution in [1.29, 1.82) is 0 Å². The maximum absolute atomic E-state index is 5.98. The van der Waals surface area contributed by atoms with Gasteiger partial charge < -0.3 is 10.6 Å². The summed E-state index contributed by atoms with van der Waals surface area (Å²) >= 11 is 11.4. The van der Waals surface area contributed by atoms with Gasteiger partial charge in [-0.1, -0.05) is 41.9 Å². The van der Waals surface area contributed by atoms with E-state index in [1.54, 1.807) is 0 Å². The van der Waals surface area contributed by atoms with E-state index in [2.05, 4.69) is 34.9 Å². The molecule has 21 heavy (non-hydrogen) atoms. The van der Waals surface area contributed by atoms with Gasteiger partial charge in [-0.15, -0.1) is 0 Å². The number of benzene rings is 2. The highest BCUT2D eigenvalue weighted by molar-refractivity contribution is 7.80. The van der Waals surface area contributed by atoms with Crippen LogP contribution in [0.2, 0.25) is 5.02 Å². The van der Waals surface area contributed by atoms with Gasteiger partial charge in [0.25, 0.3) is 0 Å². The molecule has 2 aromatic rings. The van der Waals surface area contributed by atoms with Gasteiger partial charge in [-0.3, -0.25) is 0 Å². The standard InChI is InChI=1S/C17H17ClN2S/c18-13-7-4-8-14(11-13)19-17(21)20-16-10-3-6-12-5-1-2-9-15(12)16/h1-2,4-5,7-9,11,16H,3,6,10H2,(H2,19,20,21). The lowest BCUT2D eigenvalue weighted by Gasteiger charge is -2.27. The molecule has 2 nitrogen and oxygen atoms in total. The zero-order chi connectivity index (χ0) is 14.7. The summed E-state index contributed by atoms with van der Waals surface area (Å²) in [7, 11) is 0. The van der Waals surface area contributed by atoms with Crippen LogP contribution in [0.25, 0.3) is 0 Å². The number of hydrogen-bond donors (Lipinski definition) is 2. The molecule has 0 amide bonds. The Morgan fingerprint density at radius 3 is 2.86 bits per heavy atom. The van der Waals surface area contributed by atoms with E-state index in [-0.39, 0.29) is 6.04 Å². The normalized spacial score (nSPS) is 16.9. The molecular formula is C17H17ClN2S. The molecule has 1 aliphatic rings. The van der Waals surface area contributed by atoms with Crippen LogP contribution in [0.5, 0.6) is 0 Å². The van der Waals surface area contributed by atoms with Crippen molar-refractivity contribution in [2.75, 3.05) is 5.32 Å². The zero-order valence-electron chi connectivity index (χ0n) is 11.6. The van der Waals surface area contributed by atoms with Crippen LogP contribution >= 0.6 is 23.8 Å². The van der Waals surface area contributed by atoms with Crippen molar-refractivity contribution in [3.63, 3.8) is 0 Å². The fraction of sp³-hybridized carbons (Fsp3) is 0.235. The first-order valence-electron chi connectivity index (χ1n) is 7.13. The third kappa shape index (κ3) is 3.55. The highest BCUT2D eigenvalue weighted by Gasteiger charge is 2.20. The van der Waals surface area contributed by atoms with Gasteiger partial charge in [-0.25, -0.2) is 0 Å². The summed E-state index contributed by atoms with van der Waals surface area (Å²) in [6.07, 6.45) is 3.45. The Bertz CT molecular complexity index is 657. The second kappa shape index (κ2) is 6.46. The molecule has 4 heteroatoms. The number of anilines is 1. The Hall–Kier alpha value is -1.58. The molecule has 1 aliphatic carbocycles. The van der Waals surface area contributed by atoms with E-state index in [1.165, 1.54) is 17.5 Å². The van der Waals surface area contributed by atoms with E-state index in [0.717, 1.165) is 18.5 Å². The molecule has 0 aliphatic heterocycles. The minimum Gasteiger partial charge on any atom is -0.356 e. The molecule has 0 saturated carbocycles. The molecule has 0 fully saturated rings. The molecule has 2 N–H and O–H groups in total. The summed E-state index contributed by atoms with van der Waals surface area (Å²) in [4.78, 5) is 0. The third-order valence-electron chi connectivity index (χ3n) is 3.76. The number of aryl methyl sites for hydroxylation is 1. The largest absolute Gasteiger partial charge is 0.356 e. The number of halogens is 1. The van der Waals surface area contributed by atoms with Crippen LogP contribution in [-0.4, -0.2) is 5.11 Å². The van der Waals surface area contributed by atoms with E-state index in [4.69, 9.17) is 23.8 Å². The van der Waals surface area contributed by atoms with Crippen LogP contribution in [0.4, 0.5) is 5.69 Å². The third-order valence-corrected chi connectivity index (χ3v) is 4.21. The molecule has 0 heterocycles. The average molecular weight is 317 g/mol. The van der Waals surface area contributed by atoms with Crippen molar-refractivity contribution in [3.8, 4) is 0 Å². The molecule has 3 rings (SSSR count). The molecule has 0 spiro atoms. The summed E-state index contributed by atoms with van der Waals surface area (Å²) < 4.78 is 0. The second-order valence-corrected chi connectivity index (χ2v) is 6.10. The van der Waals surface area contributed by atoms with Crippen LogP contribution < -0.4 is 10.6 Å². The smallest absolute Gasteiger partial charge is 0.171 e. The SMILES string of the molecule is S=C(Nc1cccc(Cl)c1)NC1CCCc2ccccc21. The van der Waals surface area contributed by atoms with Crippen molar-refractivity contribution in [3.05, 3.63) is 64.7 Å². The molecule has 2 aromatic carbocycles. The van der Waals surface area contributed by atoms with Gasteiger partial charge in [-0.2, -0.15) is 0 Å². The van der Waals surface area contributed by atoms with Gasteiger partial charge in [0.1, 0.15) is 0 Å². The lowest BCUT2D eigenvalue weighted by molar-refractivity contribution is 0.529. The fourth-order valence-corrected chi connectivity index (χ4v) is 3.25. The average Bonchev–Trinajstić information content (AvgIpc) is 2.47. The number of hydrogen-bond acceptors (Lipinski definition) is 1. The summed E-state index contributed by atoms with van der Waals surface area (Å²) in [6, 6.07) is 16.4. The van der Waals surface area contributed by atoms with Crippen LogP contribution in [-0.2, 0) is 6.42 Å². The summed E-state index contributed by atoms with van der Waals surface area (Å²) in [6.45, 7) is 0. The molecule has 0 radical (unpaired) electrons. The molecule has 108 valence electrons. The van der Waals surface area contributed by atoms with E-state index < -0.39 is 0 Å². The van der Waals surface area contributed by atoms with E-state index in [9.17, 15) is 0 Å². The van der Waals surface area contributed by atoms with Crippen molar-refractivity contribution >= 4 is 34.6 Å². The van der Waals surface area contributed by atoms with Gasteiger partial charge in [0.2, 0.25) is 0 Å². The van der Waals surface area contributed by atoms with Crippen molar-refractivity contribution in [2.45, 2.75) is 25.3 Å². The zero-order valence-corrected chi connectivity index (χ0v) is 13.2. The summed E-state index contributed by atoms with van der Waals surface area (Å²) in [5, 5.41) is 7.95. The Morgan fingerprint density at radius 1 is 1.14 bits per heavy atom. The van der Waals surface area contributed by atoms with Crippen LogP contribution in [0, 0.1) is 0 Å². The van der Waals surface area contributed by atoms with Crippen LogP contribution in [0.1, 0.15) is 30.0 Å². The minimum atomic E-state index is 0.286. The van der Waals surface area contributed by atoms with Crippen molar-refractivity contribution < 1.29 is 0 Å². The predicted molar refractivity (Wildman–Crippen MR) is 92.9 cm³/mol. The molecule has 1 unspecified atom stereocenters. The van der Waals surface area contributed by atoms with Gasteiger partial charge >= 0.3 is 0 Å². The maximum atomic E-state index is 5.98. The Labute approximate surface area is 135 Å². The Balaban J connectivity index is 1.68. The fourth-order valence-electron chi connectivity index (χ4n) is 2.80. The van der Waals surface area contributed by atoms with Gasteiger partial charge in [0.15, 0.2) is 5.11 Å². The maximum Gasteiger partial charge on any atom is 0.171 e. The highest BCUT2D eigenvalue weighted by atomic mass is 35.5. The van der Waals surface area contributed by atoms with E-state index in [0.29, 0.717) is 10.1 Å². The lowest BCUT2D eigenvalue weighted by atomic mass is 9.88. The molecular weight excluding hydrogens is 300 g/mol. The topological polar surface area (TPSA) is 24.1 Å². The minimum absolute atomic E-state index is 0.286. The predicted octanol–water partition coefficient (Wildman–Crippen LogP) is 4.70. The molecule has 1 atom stereocenters. The number of fused-ring (bicyclic) bond motifs is 1. The van der Waals surface area contributed by atoms with Crippen LogP contribution in [0.3, 0.4) is 0 Å². The molecule has 0 saturated heterocycles.